The van der Waals surface area contributed by atoms with Gasteiger partial charge in [0, 0.05) is 13.2 Å². The first-order chi connectivity index (χ1) is 8.81. The van der Waals surface area contributed by atoms with Crippen LogP contribution in [0, 0.1) is 0 Å². The quantitative estimate of drug-likeness (QED) is 0.753. The fourth-order valence-corrected chi connectivity index (χ4v) is 2.54. The van der Waals surface area contributed by atoms with Gasteiger partial charge in [0.1, 0.15) is 5.60 Å². The maximum atomic E-state index is 6.28. The summed E-state index contributed by atoms with van der Waals surface area (Å²) in [6.45, 7) is 12.7. The number of likely N-dealkylation sites (N-methyl/N-ethyl adjacent to an activating group) is 1. The van der Waals surface area contributed by atoms with Crippen LogP contribution in [0.2, 0.25) is 0 Å². The van der Waals surface area contributed by atoms with Crippen molar-refractivity contribution in [1.82, 2.24) is 5.32 Å². The molecule has 4 heteroatoms. The maximum Gasteiger partial charge on any atom is 0.194 e. The zero-order valence-corrected chi connectivity index (χ0v) is 13.2. The third-order valence-electron chi connectivity index (χ3n) is 4.44. The van der Waals surface area contributed by atoms with Crippen molar-refractivity contribution in [3.05, 3.63) is 12.2 Å². The molecule has 1 fully saturated rings. The van der Waals surface area contributed by atoms with Crippen LogP contribution in [0.4, 0.5) is 0 Å². The number of hydrogen-bond acceptors (Lipinski definition) is 4. The van der Waals surface area contributed by atoms with E-state index in [1.165, 1.54) is 0 Å². The van der Waals surface area contributed by atoms with Crippen LogP contribution in [0.25, 0.3) is 0 Å². The maximum absolute atomic E-state index is 6.28. The van der Waals surface area contributed by atoms with E-state index in [1.54, 1.807) is 7.11 Å². The normalized spacial score (nSPS) is 37.1. The first-order valence-electron chi connectivity index (χ1n) is 7.01. The van der Waals surface area contributed by atoms with Crippen LogP contribution in [-0.4, -0.2) is 44.3 Å². The van der Waals surface area contributed by atoms with Crippen LogP contribution in [0.5, 0.6) is 0 Å². The summed E-state index contributed by atoms with van der Waals surface area (Å²) < 4.78 is 17.8. The lowest BCUT2D eigenvalue weighted by atomic mass is 9.90. The zero-order valence-electron chi connectivity index (χ0n) is 13.2. The molecule has 1 saturated heterocycles. The van der Waals surface area contributed by atoms with Crippen LogP contribution in [0.3, 0.4) is 0 Å². The average Bonchev–Trinajstić information content (AvgIpc) is 2.39. The topological polar surface area (TPSA) is 39.7 Å². The summed E-state index contributed by atoms with van der Waals surface area (Å²) in [5.41, 5.74) is 0.683. The monoisotopic (exact) mass is 271 g/mol. The van der Waals surface area contributed by atoms with E-state index in [2.05, 4.69) is 25.7 Å². The molecule has 1 aliphatic rings. The molecule has 0 spiro atoms. The molecule has 0 radical (unpaired) electrons. The predicted octanol–water partition coefficient (Wildman–Crippen LogP) is 2.49. The Bertz CT molecular complexity index is 321. The van der Waals surface area contributed by atoms with Crippen molar-refractivity contribution in [2.24, 2.45) is 0 Å². The molecule has 0 amide bonds. The Hall–Kier alpha value is -0.420. The molecule has 1 N–H and O–H groups in total. The highest BCUT2D eigenvalue weighted by Gasteiger charge is 2.51. The first kappa shape index (κ1) is 16.6. The summed E-state index contributed by atoms with van der Waals surface area (Å²) >= 11 is 0. The summed E-state index contributed by atoms with van der Waals surface area (Å²) in [6, 6.07) is 0.251. The second-order valence-corrected chi connectivity index (χ2v) is 5.71. The minimum absolute atomic E-state index is 0.0577. The van der Waals surface area contributed by atoms with Crippen LogP contribution in [0.15, 0.2) is 12.2 Å². The Kier molecular flexibility index (Phi) is 5.56. The fourth-order valence-electron chi connectivity index (χ4n) is 2.54. The summed E-state index contributed by atoms with van der Waals surface area (Å²) in [5, 5.41) is 3.26. The van der Waals surface area contributed by atoms with E-state index in [0.717, 1.165) is 18.4 Å². The number of ether oxygens (including phenoxy) is 3. The first-order valence-corrected chi connectivity index (χ1v) is 7.01. The number of rotatable bonds is 6. The van der Waals surface area contributed by atoms with E-state index in [9.17, 15) is 0 Å². The smallest absolute Gasteiger partial charge is 0.194 e. The van der Waals surface area contributed by atoms with Crippen LogP contribution < -0.4 is 5.32 Å². The molecule has 0 bridgehead atoms. The average molecular weight is 271 g/mol. The molecular formula is C15H29NO3. The lowest BCUT2D eigenvalue weighted by Crippen LogP contribution is -2.61. The third kappa shape index (κ3) is 3.37. The van der Waals surface area contributed by atoms with Gasteiger partial charge < -0.3 is 19.5 Å². The van der Waals surface area contributed by atoms with Crippen molar-refractivity contribution in [2.45, 2.75) is 64.1 Å². The van der Waals surface area contributed by atoms with E-state index < -0.39 is 11.4 Å². The van der Waals surface area contributed by atoms with Gasteiger partial charge >= 0.3 is 0 Å². The molecule has 4 nitrogen and oxygen atoms in total. The lowest BCUT2D eigenvalue weighted by Gasteiger charge is -2.50. The molecular weight excluding hydrogens is 242 g/mol. The van der Waals surface area contributed by atoms with Crippen molar-refractivity contribution < 1.29 is 14.2 Å². The standard InChI is InChI=1S/C15H29NO3/c1-8-14(4)15(5,17-7)18-10-12(19-14)9-13(16-6)11(2)3/h12-13,16H,2,8-10H2,1,3-7H3. The molecule has 0 aromatic heterocycles. The molecule has 0 aromatic rings. The summed E-state index contributed by atoms with van der Waals surface area (Å²) in [4.78, 5) is 0. The Labute approximate surface area is 117 Å². The minimum Gasteiger partial charge on any atom is -0.364 e. The summed E-state index contributed by atoms with van der Waals surface area (Å²) in [5.74, 6) is -0.684. The Morgan fingerprint density at radius 3 is 2.58 bits per heavy atom. The van der Waals surface area contributed by atoms with Gasteiger partial charge in [0.05, 0.1) is 12.7 Å². The molecule has 0 saturated carbocycles. The van der Waals surface area contributed by atoms with Crippen molar-refractivity contribution in [3.8, 4) is 0 Å². The Morgan fingerprint density at radius 2 is 2.16 bits per heavy atom. The molecule has 0 aliphatic carbocycles. The summed E-state index contributed by atoms with van der Waals surface area (Å²) in [7, 11) is 3.61. The van der Waals surface area contributed by atoms with Gasteiger partial charge in [-0.2, -0.15) is 0 Å². The molecule has 112 valence electrons. The predicted molar refractivity (Wildman–Crippen MR) is 77.2 cm³/mol. The highest BCUT2D eigenvalue weighted by Crippen LogP contribution is 2.39. The SMILES string of the molecule is C=C(C)C(CC1COC(C)(OC)C(C)(CC)O1)NC. The van der Waals surface area contributed by atoms with E-state index in [4.69, 9.17) is 14.2 Å². The van der Waals surface area contributed by atoms with Gasteiger partial charge in [-0.25, -0.2) is 0 Å². The second-order valence-electron chi connectivity index (χ2n) is 5.71. The molecule has 0 aromatic carbocycles. The minimum atomic E-state index is -0.684. The van der Waals surface area contributed by atoms with Crippen molar-refractivity contribution in [3.63, 3.8) is 0 Å². The number of hydrogen-bond donors (Lipinski definition) is 1. The highest BCUT2D eigenvalue weighted by molar-refractivity contribution is 5.03. The van der Waals surface area contributed by atoms with Crippen molar-refractivity contribution >= 4 is 0 Å². The van der Waals surface area contributed by atoms with Gasteiger partial charge in [0.25, 0.3) is 0 Å². The van der Waals surface area contributed by atoms with Crippen LogP contribution in [0.1, 0.15) is 40.5 Å². The van der Waals surface area contributed by atoms with E-state index >= 15 is 0 Å². The van der Waals surface area contributed by atoms with Crippen molar-refractivity contribution in [1.29, 1.82) is 0 Å². The van der Waals surface area contributed by atoms with E-state index in [-0.39, 0.29) is 12.1 Å². The van der Waals surface area contributed by atoms with Gasteiger partial charge in [-0.1, -0.05) is 19.1 Å². The summed E-state index contributed by atoms with van der Waals surface area (Å²) in [6.07, 6.45) is 1.76. The Balaban J connectivity index is 2.75. The molecule has 1 aliphatic heterocycles. The number of methoxy groups -OCH3 is 1. The third-order valence-corrected chi connectivity index (χ3v) is 4.44. The van der Waals surface area contributed by atoms with Crippen LogP contribution in [-0.2, 0) is 14.2 Å². The lowest BCUT2D eigenvalue weighted by molar-refractivity contribution is -0.364. The molecule has 4 unspecified atom stereocenters. The largest absolute Gasteiger partial charge is 0.364 e. The van der Waals surface area contributed by atoms with Gasteiger partial charge in [-0.15, -0.1) is 0 Å². The zero-order chi connectivity index (χ0) is 14.7. The van der Waals surface area contributed by atoms with E-state index in [1.807, 2.05) is 20.9 Å². The molecule has 19 heavy (non-hydrogen) atoms. The highest BCUT2D eigenvalue weighted by atomic mass is 16.7. The Morgan fingerprint density at radius 1 is 1.53 bits per heavy atom. The van der Waals surface area contributed by atoms with Crippen LogP contribution >= 0.6 is 0 Å². The van der Waals surface area contributed by atoms with Gasteiger partial charge in [0.15, 0.2) is 5.79 Å². The van der Waals surface area contributed by atoms with E-state index in [0.29, 0.717) is 6.61 Å². The second kappa shape index (κ2) is 6.35. The van der Waals surface area contributed by atoms with Gasteiger partial charge in [-0.05, 0) is 40.7 Å². The molecule has 4 atom stereocenters. The van der Waals surface area contributed by atoms with Crippen molar-refractivity contribution in [2.75, 3.05) is 20.8 Å². The number of nitrogens with one attached hydrogen (secondary N) is 1. The molecule has 1 heterocycles. The molecule has 1 rings (SSSR count). The van der Waals surface area contributed by atoms with Gasteiger partial charge in [0.2, 0.25) is 0 Å². The fraction of sp³-hybridized carbons (Fsp3) is 0.867. The van der Waals surface area contributed by atoms with Gasteiger partial charge in [-0.3, -0.25) is 0 Å².